The zero-order valence-corrected chi connectivity index (χ0v) is 14.3. The van der Waals surface area contributed by atoms with Crippen LogP contribution in [0.15, 0.2) is 0 Å². The van der Waals surface area contributed by atoms with Gasteiger partial charge >= 0.3 is 6.03 Å². The highest BCUT2D eigenvalue weighted by atomic mass is 16.5. The number of likely N-dealkylation sites (tertiary alicyclic amines) is 1. The van der Waals surface area contributed by atoms with Crippen LogP contribution in [0.25, 0.3) is 0 Å². The summed E-state index contributed by atoms with van der Waals surface area (Å²) in [5.41, 5.74) is 0. The van der Waals surface area contributed by atoms with Gasteiger partial charge in [-0.2, -0.15) is 0 Å². The van der Waals surface area contributed by atoms with Crippen molar-refractivity contribution in [2.24, 2.45) is 5.92 Å². The molecule has 1 saturated carbocycles. The van der Waals surface area contributed by atoms with E-state index in [2.05, 4.69) is 22.5 Å². The van der Waals surface area contributed by atoms with E-state index in [4.69, 9.17) is 4.74 Å². The number of ether oxygens (including phenoxy) is 1. The van der Waals surface area contributed by atoms with E-state index in [1.807, 2.05) is 0 Å². The molecule has 2 fully saturated rings. The fourth-order valence-corrected chi connectivity index (χ4v) is 3.80. The molecular formula is C17H33N3O2. The summed E-state index contributed by atoms with van der Waals surface area (Å²) in [6.45, 7) is 6.04. The van der Waals surface area contributed by atoms with E-state index in [0.29, 0.717) is 18.1 Å². The predicted molar refractivity (Wildman–Crippen MR) is 89.0 cm³/mol. The molecule has 0 aromatic rings. The molecule has 0 spiro atoms. The summed E-state index contributed by atoms with van der Waals surface area (Å²) in [5, 5.41) is 6.21. The van der Waals surface area contributed by atoms with Gasteiger partial charge in [-0.3, -0.25) is 0 Å². The normalized spacial score (nSPS) is 27.5. The SMILES string of the molecule is CC[C@@H]1CCCC[C@H]1NC(=O)NCCN1CCC(OC)CC1. The third-order valence-corrected chi connectivity index (χ3v) is 5.33. The summed E-state index contributed by atoms with van der Waals surface area (Å²) in [4.78, 5) is 14.5. The number of nitrogens with zero attached hydrogens (tertiary/aromatic N) is 1. The number of rotatable bonds is 6. The van der Waals surface area contributed by atoms with E-state index in [1.165, 1.54) is 25.7 Å². The van der Waals surface area contributed by atoms with Crippen molar-refractivity contribution in [1.29, 1.82) is 0 Å². The number of amides is 2. The Kier molecular flexibility index (Phi) is 7.46. The number of nitrogens with one attached hydrogen (secondary N) is 2. The van der Waals surface area contributed by atoms with Crippen molar-refractivity contribution in [2.75, 3.05) is 33.3 Å². The van der Waals surface area contributed by atoms with E-state index < -0.39 is 0 Å². The lowest BCUT2D eigenvalue weighted by Crippen LogP contribution is -2.48. The second-order valence-corrected chi connectivity index (χ2v) is 6.74. The summed E-state index contributed by atoms with van der Waals surface area (Å²) in [7, 11) is 1.79. The molecule has 0 bridgehead atoms. The molecule has 128 valence electrons. The largest absolute Gasteiger partial charge is 0.381 e. The lowest BCUT2D eigenvalue weighted by Gasteiger charge is -2.32. The fraction of sp³-hybridized carbons (Fsp3) is 0.941. The Labute approximate surface area is 135 Å². The van der Waals surface area contributed by atoms with Crippen LogP contribution >= 0.6 is 0 Å². The molecule has 0 radical (unpaired) electrons. The van der Waals surface area contributed by atoms with Crippen LogP contribution in [0.1, 0.15) is 51.9 Å². The number of hydrogen-bond donors (Lipinski definition) is 2. The van der Waals surface area contributed by atoms with Gasteiger partial charge < -0.3 is 20.3 Å². The van der Waals surface area contributed by atoms with Crippen molar-refractivity contribution >= 4 is 6.03 Å². The average Bonchev–Trinajstić information content (AvgIpc) is 2.56. The van der Waals surface area contributed by atoms with E-state index in [9.17, 15) is 4.79 Å². The molecule has 22 heavy (non-hydrogen) atoms. The predicted octanol–water partition coefficient (Wildman–Crippen LogP) is 2.37. The van der Waals surface area contributed by atoms with Gasteiger partial charge in [0.15, 0.2) is 0 Å². The molecule has 1 aliphatic heterocycles. The Balaban J connectivity index is 1.59. The van der Waals surface area contributed by atoms with Crippen LogP contribution in [0, 0.1) is 5.92 Å². The van der Waals surface area contributed by atoms with Gasteiger partial charge in [0.2, 0.25) is 0 Å². The highest BCUT2D eigenvalue weighted by Gasteiger charge is 2.25. The van der Waals surface area contributed by atoms with Crippen LogP contribution < -0.4 is 10.6 Å². The monoisotopic (exact) mass is 311 g/mol. The van der Waals surface area contributed by atoms with Gasteiger partial charge in [0.1, 0.15) is 0 Å². The third kappa shape index (κ3) is 5.43. The van der Waals surface area contributed by atoms with Crippen LogP contribution in [0.3, 0.4) is 0 Å². The zero-order chi connectivity index (χ0) is 15.8. The van der Waals surface area contributed by atoms with Crippen molar-refractivity contribution in [3.8, 4) is 0 Å². The maximum Gasteiger partial charge on any atom is 0.315 e. The molecule has 5 heteroatoms. The minimum atomic E-state index is 0.0112. The van der Waals surface area contributed by atoms with Crippen LogP contribution in [0.4, 0.5) is 4.79 Å². The molecule has 2 atom stereocenters. The topological polar surface area (TPSA) is 53.6 Å². The third-order valence-electron chi connectivity index (χ3n) is 5.33. The number of piperidine rings is 1. The van der Waals surface area contributed by atoms with Crippen LogP contribution in [-0.2, 0) is 4.74 Å². The minimum absolute atomic E-state index is 0.0112. The number of carbonyl (C=O) groups is 1. The van der Waals surface area contributed by atoms with E-state index in [0.717, 1.165) is 45.4 Å². The smallest absolute Gasteiger partial charge is 0.315 e. The molecule has 2 amide bonds. The fourth-order valence-electron chi connectivity index (χ4n) is 3.80. The van der Waals surface area contributed by atoms with Gasteiger partial charge in [0, 0.05) is 39.3 Å². The van der Waals surface area contributed by atoms with Crippen LogP contribution in [0.2, 0.25) is 0 Å². The first-order valence-corrected chi connectivity index (χ1v) is 9.02. The molecule has 2 rings (SSSR count). The van der Waals surface area contributed by atoms with Gasteiger partial charge in [-0.25, -0.2) is 4.79 Å². The summed E-state index contributed by atoms with van der Waals surface area (Å²) in [6.07, 6.45) is 8.74. The maximum atomic E-state index is 12.1. The summed E-state index contributed by atoms with van der Waals surface area (Å²) in [6, 6.07) is 0.383. The Morgan fingerprint density at radius 3 is 2.59 bits per heavy atom. The number of methoxy groups -OCH3 is 1. The van der Waals surface area contributed by atoms with Gasteiger partial charge in [0.25, 0.3) is 0 Å². The van der Waals surface area contributed by atoms with Crippen molar-refractivity contribution in [1.82, 2.24) is 15.5 Å². The Morgan fingerprint density at radius 2 is 1.91 bits per heavy atom. The molecular weight excluding hydrogens is 278 g/mol. The first-order chi connectivity index (χ1) is 10.7. The first kappa shape index (κ1) is 17.5. The minimum Gasteiger partial charge on any atom is -0.381 e. The highest BCUT2D eigenvalue weighted by molar-refractivity contribution is 5.74. The summed E-state index contributed by atoms with van der Waals surface area (Å²) in [5.74, 6) is 0.660. The van der Waals surface area contributed by atoms with Crippen LogP contribution in [-0.4, -0.2) is 56.4 Å². The Hall–Kier alpha value is -0.810. The van der Waals surface area contributed by atoms with E-state index in [1.54, 1.807) is 7.11 Å². The zero-order valence-electron chi connectivity index (χ0n) is 14.3. The molecule has 0 unspecified atom stereocenters. The van der Waals surface area contributed by atoms with E-state index >= 15 is 0 Å². The molecule has 1 heterocycles. The second kappa shape index (κ2) is 9.36. The molecule has 2 N–H and O–H groups in total. The van der Waals surface area contributed by atoms with Gasteiger partial charge in [-0.15, -0.1) is 0 Å². The van der Waals surface area contributed by atoms with Crippen molar-refractivity contribution < 1.29 is 9.53 Å². The second-order valence-electron chi connectivity index (χ2n) is 6.74. The van der Waals surface area contributed by atoms with Crippen molar-refractivity contribution in [2.45, 2.75) is 64.0 Å². The first-order valence-electron chi connectivity index (χ1n) is 9.02. The molecule has 0 aromatic carbocycles. The Morgan fingerprint density at radius 1 is 1.18 bits per heavy atom. The van der Waals surface area contributed by atoms with Gasteiger partial charge in [-0.05, 0) is 31.6 Å². The summed E-state index contributed by atoms with van der Waals surface area (Å²) >= 11 is 0. The maximum absolute atomic E-state index is 12.1. The highest BCUT2D eigenvalue weighted by Crippen LogP contribution is 2.26. The van der Waals surface area contributed by atoms with Crippen LogP contribution in [0.5, 0.6) is 0 Å². The average molecular weight is 311 g/mol. The molecule has 0 aromatic heterocycles. The molecule has 1 saturated heterocycles. The van der Waals surface area contributed by atoms with Gasteiger partial charge in [0.05, 0.1) is 6.10 Å². The molecule has 2 aliphatic rings. The van der Waals surface area contributed by atoms with E-state index in [-0.39, 0.29) is 6.03 Å². The Bertz CT molecular complexity index is 330. The number of hydrogen-bond acceptors (Lipinski definition) is 3. The van der Waals surface area contributed by atoms with Gasteiger partial charge in [-0.1, -0.05) is 26.2 Å². The number of carbonyl (C=O) groups excluding carboxylic acids is 1. The summed E-state index contributed by atoms with van der Waals surface area (Å²) < 4.78 is 5.38. The van der Waals surface area contributed by atoms with Crippen molar-refractivity contribution in [3.63, 3.8) is 0 Å². The lowest BCUT2D eigenvalue weighted by molar-refractivity contribution is 0.0416. The number of urea groups is 1. The van der Waals surface area contributed by atoms with Crippen molar-refractivity contribution in [3.05, 3.63) is 0 Å². The molecule has 1 aliphatic carbocycles. The quantitative estimate of drug-likeness (QED) is 0.792. The molecule has 5 nitrogen and oxygen atoms in total. The lowest BCUT2D eigenvalue weighted by atomic mass is 9.83. The standard InChI is InChI=1S/C17H33N3O2/c1-3-14-6-4-5-7-16(14)19-17(21)18-10-13-20-11-8-15(22-2)9-12-20/h14-16H,3-13H2,1-2H3,(H2,18,19,21)/t14-,16-/m1/s1.